The van der Waals surface area contributed by atoms with Crippen LogP contribution in [0.15, 0.2) is 22.0 Å². The number of nitrogens with one attached hydrogen (secondary N) is 1. The lowest BCUT2D eigenvalue weighted by molar-refractivity contribution is -0.139. The molecule has 2 rings (SSSR count). The molecule has 0 aliphatic carbocycles. The maximum absolute atomic E-state index is 11.2. The van der Waals surface area contributed by atoms with Gasteiger partial charge in [-0.25, -0.2) is 4.98 Å². The summed E-state index contributed by atoms with van der Waals surface area (Å²) in [4.78, 5) is 15.4. The number of aromatic nitrogens is 1. The van der Waals surface area contributed by atoms with Gasteiger partial charge in [0.2, 0.25) is 0 Å². The van der Waals surface area contributed by atoms with Gasteiger partial charge in [0.1, 0.15) is 0 Å². The highest BCUT2D eigenvalue weighted by Gasteiger charge is 2.11. The zero-order valence-electron chi connectivity index (χ0n) is 10.2. The second-order valence-electron chi connectivity index (χ2n) is 3.74. The number of hydrogen-bond acceptors (Lipinski definition) is 5. The third kappa shape index (κ3) is 3.63. The van der Waals surface area contributed by atoms with E-state index in [9.17, 15) is 4.79 Å². The molecule has 0 radical (unpaired) electrons. The fraction of sp³-hybridized carbons (Fsp3) is 0.167. The minimum atomic E-state index is -0.327. The van der Waals surface area contributed by atoms with Crippen molar-refractivity contribution in [1.82, 2.24) is 4.98 Å². The zero-order chi connectivity index (χ0) is 14.7. The van der Waals surface area contributed by atoms with Gasteiger partial charge in [-0.15, -0.1) is 11.3 Å². The smallest absolute Gasteiger partial charge is 0.311 e. The monoisotopic (exact) mass is 394 g/mol. The molecular formula is C12H9BrCl2N2O2S. The van der Waals surface area contributed by atoms with Gasteiger partial charge in [-0.3, -0.25) is 4.79 Å². The van der Waals surface area contributed by atoms with Crippen LogP contribution in [0, 0.1) is 0 Å². The molecule has 0 bridgehead atoms. The number of nitrogens with zero attached hydrogens (tertiary/aromatic N) is 1. The van der Waals surface area contributed by atoms with E-state index in [0.29, 0.717) is 26.6 Å². The normalized spacial score (nSPS) is 10.4. The van der Waals surface area contributed by atoms with Crippen molar-refractivity contribution < 1.29 is 9.53 Å². The minimum absolute atomic E-state index is 0.142. The molecule has 8 heteroatoms. The van der Waals surface area contributed by atoms with Gasteiger partial charge >= 0.3 is 5.97 Å². The first-order valence-electron chi connectivity index (χ1n) is 5.43. The Balaban J connectivity index is 2.15. The molecule has 0 aliphatic heterocycles. The van der Waals surface area contributed by atoms with Crippen LogP contribution in [0.4, 0.5) is 10.8 Å². The largest absolute Gasteiger partial charge is 0.469 e. The van der Waals surface area contributed by atoms with E-state index < -0.39 is 0 Å². The lowest BCUT2D eigenvalue weighted by Crippen LogP contribution is -2.04. The van der Waals surface area contributed by atoms with E-state index in [1.807, 2.05) is 0 Å². The van der Waals surface area contributed by atoms with Crippen LogP contribution < -0.4 is 5.32 Å². The van der Waals surface area contributed by atoms with Crippen molar-refractivity contribution in [3.05, 3.63) is 37.7 Å². The van der Waals surface area contributed by atoms with Gasteiger partial charge in [-0.1, -0.05) is 23.2 Å². The third-order valence-corrected chi connectivity index (χ3v) is 4.96. The van der Waals surface area contributed by atoms with E-state index in [1.165, 1.54) is 18.4 Å². The number of ether oxygens (including phenoxy) is 1. The number of anilines is 2. The summed E-state index contributed by atoms with van der Waals surface area (Å²) in [5.41, 5.74) is 1.29. The predicted molar refractivity (Wildman–Crippen MR) is 85.3 cm³/mol. The zero-order valence-corrected chi connectivity index (χ0v) is 14.2. The van der Waals surface area contributed by atoms with Crippen LogP contribution in [-0.2, 0) is 16.0 Å². The molecule has 1 heterocycles. The lowest BCUT2D eigenvalue weighted by Gasteiger charge is -2.07. The fourth-order valence-electron chi connectivity index (χ4n) is 1.40. The molecule has 0 atom stereocenters. The van der Waals surface area contributed by atoms with Crippen molar-refractivity contribution in [3.63, 3.8) is 0 Å². The van der Waals surface area contributed by atoms with Gasteiger partial charge in [0, 0.05) is 9.85 Å². The van der Waals surface area contributed by atoms with Crippen molar-refractivity contribution in [3.8, 4) is 0 Å². The highest BCUT2D eigenvalue weighted by atomic mass is 79.9. The fourth-order valence-corrected chi connectivity index (χ4v) is 2.95. The number of rotatable bonds is 4. The second kappa shape index (κ2) is 6.76. The molecule has 0 unspecified atom stereocenters. The summed E-state index contributed by atoms with van der Waals surface area (Å²) >= 11 is 16.9. The van der Waals surface area contributed by atoms with Gasteiger partial charge in [-0.2, -0.15) is 0 Å². The van der Waals surface area contributed by atoms with E-state index in [-0.39, 0.29) is 12.4 Å². The lowest BCUT2D eigenvalue weighted by atomic mass is 10.3. The Morgan fingerprint density at radius 2 is 2.20 bits per heavy atom. The minimum Gasteiger partial charge on any atom is -0.469 e. The number of carbonyl (C=O) groups excluding carboxylic acids is 1. The SMILES string of the molecule is COC(=O)Cc1csc(Nc2ccc(Br)c(Cl)c2Cl)n1. The van der Waals surface area contributed by atoms with Crippen LogP contribution in [0.5, 0.6) is 0 Å². The topological polar surface area (TPSA) is 51.2 Å². The number of methoxy groups -OCH3 is 1. The molecule has 1 N–H and O–H groups in total. The summed E-state index contributed by atoms with van der Waals surface area (Å²) in [6.45, 7) is 0. The van der Waals surface area contributed by atoms with Crippen molar-refractivity contribution in [2.24, 2.45) is 0 Å². The Kier molecular flexibility index (Phi) is 5.26. The number of hydrogen-bond donors (Lipinski definition) is 1. The molecule has 1 aromatic heterocycles. The molecule has 2 aromatic rings. The van der Waals surface area contributed by atoms with Crippen LogP contribution in [0.2, 0.25) is 10.0 Å². The Bertz CT molecular complexity index is 648. The molecule has 0 saturated carbocycles. The number of benzene rings is 1. The molecule has 0 aliphatic rings. The van der Waals surface area contributed by atoms with Gasteiger partial charge in [-0.05, 0) is 28.1 Å². The van der Waals surface area contributed by atoms with Crippen LogP contribution in [0.3, 0.4) is 0 Å². The van der Waals surface area contributed by atoms with Crippen LogP contribution in [0.25, 0.3) is 0 Å². The quantitative estimate of drug-likeness (QED) is 0.603. The van der Waals surface area contributed by atoms with Gasteiger partial charge in [0.25, 0.3) is 0 Å². The highest BCUT2D eigenvalue weighted by Crippen LogP contribution is 2.37. The summed E-state index contributed by atoms with van der Waals surface area (Å²) in [7, 11) is 1.34. The molecular weight excluding hydrogens is 387 g/mol. The number of thiazole rings is 1. The summed E-state index contributed by atoms with van der Waals surface area (Å²) in [6, 6.07) is 3.58. The molecule has 0 amide bonds. The van der Waals surface area contributed by atoms with E-state index in [1.54, 1.807) is 17.5 Å². The van der Waals surface area contributed by atoms with Gasteiger partial charge in [0.15, 0.2) is 5.13 Å². The number of halogens is 3. The maximum atomic E-state index is 11.2. The van der Waals surface area contributed by atoms with E-state index in [4.69, 9.17) is 23.2 Å². The van der Waals surface area contributed by atoms with Crippen LogP contribution in [-0.4, -0.2) is 18.1 Å². The average molecular weight is 396 g/mol. The van der Waals surface area contributed by atoms with Crippen molar-refractivity contribution in [2.75, 3.05) is 12.4 Å². The summed E-state index contributed by atoms with van der Waals surface area (Å²) in [5, 5.41) is 6.33. The van der Waals surface area contributed by atoms with Crippen molar-refractivity contribution in [1.29, 1.82) is 0 Å². The Morgan fingerprint density at radius 1 is 1.45 bits per heavy atom. The Hall–Kier alpha value is -0.820. The second-order valence-corrected chi connectivity index (χ2v) is 6.21. The molecule has 0 spiro atoms. The predicted octanol–water partition coefficient (Wildman–Crippen LogP) is 4.67. The maximum Gasteiger partial charge on any atom is 0.311 e. The van der Waals surface area contributed by atoms with E-state index in [2.05, 4.69) is 31.0 Å². The van der Waals surface area contributed by atoms with E-state index in [0.717, 1.165) is 4.47 Å². The van der Waals surface area contributed by atoms with Crippen molar-refractivity contribution >= 4 is 67.3 Å². The van der Waals surface area contributed by atoms with Gasteiger partial charge in [0.05, 0.1) is 35.0 Å². The molecule has 20 heavy (non-hydrogen) atoms. The van der Waals surface area contributed by atoms with Crippen LogP contribution >= 0.6 is 50.5 Å². The average Bonchev–Trinajstić information content (AvgIpc) is 2.86. The van der Waals surface area contributed by atoms with Crippen LogP contribution in [0.1, 0.15) is 5.69 Å². The number of esters is 1. The third-order valence-electron chi connectivity index (χ3n) is 2.38. The van der Waals surface area contributed by atoms with Gasteiger partial charge < -0.3 is 10.1 Å². The summed E-state index contributed by atoms with van der Waals surface area (Å²) < 4.78 is 5.31. The first-order valence-corrected chi connectivity index (χ1v) is 7.86. The molecule has 1 aromatic carbocycles. The molecule has 4 nitrogen and oxygen atoms in total. The molecule has 0 fully saturated rings. The Labute approximate surface area is 138 Å². The summed E-state index contributed by atoms with van der Waals surface area (Å²) in [6.07, 6.45) is 0.142. The first kappa shape index (κ1) is 15.6. The standard InChI is InChI=1S/C12H9BrCl2N2O2S/c1-19-9(18)4-6-5-20-12(16-6)17-8-3-2-7(13)10(14)11(8)15/h2-3,5H,4H2,1H3,(H,16,17). The number of carbonyl (C=O) groups is 1. The molecule has 106 valence electrons. The first-order chi connectivity index (χ1) is 9.51. The Morgan fingerprint density at radius 3 is 2.90 bits per heavy atom. The summed E-state index contributed by atoms with van der Waals surface area (Å²) in [5.74, 6) is -0.327. The molecule has 0 saturated heterocycles. The van der Waals surface area contributed by atoms with E-state index >= 15 is 0 Å². The highest BCUT2D eigenvalue weighted by molar-refractivity contribution is 9.10. The van der Waals surface area contributed by atoms with Crippen molar-refractivity contribution in [2.45, 2.75) is 6.42 Å².